The van der Waals surface area contributed by atoms with Gasteiger partial charge in [0.25, 0.3) is 0 Å². The highest BCUT2D eigenvalue weighted by Gasteiger charge is 2.23. The minimum atomic E-state index is -0.321. The molecule has 1 unspecified atom stereocenters. The summed E-state index contributed by atoms with van der Waals surface area (Å²) in [5.74, 6) is 1.52. The first-order valence-electron chi connectivity index (χ1n) is 10.4. The summed E-state index contributed by atoms with van der Waals surface area (Å²) in [6.07, 6.45) is 1.97. The summed E-state index contributed by atoms with van der Waals surface area (Å²) >= 11 is 0. The van der Waals surface area contributed by atoms with Crippen molar-refractivity contribution in [3.63, 3.8) is 0 Å². The van der Waals surface area contributed by atoms with Gasteiger partial charge >= 0.3 is 0 Å². The maximum Gasteiger partial charge on any atom is 0.165 e. The van der Waals surface area contributed by atoms with Crippen LogP contribution in [0.1, 0.15) is 33.9 Å². The Kier molecular flexibility index (Phi) is 6.31. The molecule has 1 atom stereocenters. The lowest BCUT2D eigenvalue weighted by Crippen LogP contribution is -2.19. The van der Waals surface area contributed by atoms with E-state index in [0.29, 0.717) is 5.56 Å². The quantitative estimate of drug-likeness (QED) is 0.365. The molecule has 6 heteroatoms. The SMILES string of the molecule is COc1ccc(C(=O)CC(c2ccccc2C)n2ncc(-c3ccc(OC)cc3)n2)cc1. The van der Waals surface area contributed by atoms with Gasteiger partial charge in [0.1, 0.15) is 23.2 Å². The van der Waals surface area contributed by atoms with Crippen molar-refractivity contribution in [3.05, 3.63) is 95.7 Å². The van der Waals surface area contributed by atoms with Crippen molar-refractivity contribution in [2.24, 2.45) is 0 Å². The molecule has 0 radical (unpaired) electrons. The molecule has 0 saturated carbocycles. The van der Waals surface area contributed by atoms with Gasteiger partial charge in [-0.2, -0.15) is 15.0 Å². The first-order chi connectivity index (χ1) is 15.6. The number of hydrogen-bond donors (Lipinski definition) is 0. The van der Waals surface area contributed by atoms with Crippen LogP contribution in [0.5, 0.6) is 11.5 Å². The van der Waals surface area contributed by atoms with Crippen molar-refractivity contribution >= 4 is 5.78 Å². The van der Waals surface area contributed by atoms with Gasteiger partial charge in [0.15, 0.2) is 5.78 Å². The third kappa shape index (κ3) is 4.54. The van der Waals surface area contributed by atoms with Crippen molar-refractivity contribution in [3.8, 4) is 22.8 Å². The second-order valence-electron chi connectivity index (χ2n) is 7.51. The molecule has 0 aliphatic heterocycles. The normalized spacial score (nSPS) is 11.7. The molecule has 4 aromatic rings. The number of ketones is 1. The van der Waals surface area contributed by atoms with Gasteiger partial charge in [-0.05, 0) is 66.6 Å². The summed E-state index contributed by atoms with van der Waals surface area (Å²) in [5, 5.41) is 9.25. The van der Waals surface area contributed by atoms with Gasteiger partial charge < -0.3 is 9.47 Å². The van der Waals surface area contributed by atoms with Crippen molar-refractivity contribution in [2.45, 2.75) is 19.4 Å². The van der Waals surface area contributed by atoms with Gasteiger partial charge in [-0.15, -0.1) is 0 Å². The Hall–Kier alpha value is -3.93. The summed E-state index contributed by atoms with van der Waals surface area (Å²) in [5.41, 5.74) is 4.41. The molecule has 1 aromatic heterocycles. The molecular weight excluding hydrogens is 402 g/mol. The average molecular weight is 428 g/mol. The molecule has 32 heavy (non-hydrogen) atoms. The van der Waals surface area contributed by atoms with Crippen LogP contribution in [0, 0.1) is 6.92 Å². The zero-order valence-corrected chi connectivity index (χ0v) is 18.4. The van der Waals surface area contributed by atoms with Gasteiger partial charge in [-0.25, -0.2) is 0 Å². The van der Waals surface area contributed by atoms with E-state index in [-0.39, 0.29) is 18.2 Å². The first kappa shape index (κ1) is 21.3. The highest BCUT2D eigenvalue weighted by atomic mass is 16.5. The number of carbonyl (C=O) groups excluding carboxylic acids is 1. The Balaban J connectivity index is 1.66. The minimum absolute atomic E-state index is 0.0178. The summed E-state index contributed by atoms with van der Waals surface area (Å²) < 4.78 is 10.4. The van der Waals surface area contributed by atoms with Crippen LogP contribution in [0.2, 0.25) is 0 Å². The summed E-state index contributed by atoms with van der Waals surface area (Å²) in [6, 6.07) is 22.5. The predicted molar refractivity (Wildman–Crippen MR) is 123 cm³/mol. The van der Waals surface area contributed by atoms with E-state index in [1.165, 1.54) is 0 Å². The zero-order chi connectivity index (χ0) is 22.5. The standard InChI is InChI=1S/C26H25N3O3/c1-18-6-4-5-7-23(18)25(16-26(30)20-10-14-22(32-3)15-11-20)29-27-17-24(28-29)19-8-12-21(31-2)13-9-19/h4-15,17,25H,16H2,1-3H3. The predicted octanol–water partition coefficient (Wildman–Crippen LogP) is 5.13. The van der Waals surface area contributed by atoms with Crippen molar-refractivity contribution in [2.75, 3.05) is 14.2 Å². The molecule has 6 nitrogen and oxygen atoms in total. The fourth-order valence-corrected chi connectivity index (χ4v) is 3.67. The Bertz CT molecular complexity index is 1200. The van der Waals surface area contributed by atoms with Crippen LogP contribution in [0.3, 0.4) is 0 Å². The van der Waals surface area contributed by atoms with E-state index in [1.807, 2.05) is 55.5 Å². The number of methoxy groups -OCH3 is 2. The topological polar surface area (TPSA) is 66.2 Å². The number of Topliss-reactive ketones (excluding diaryl/α,β-unsaturated/α-hetero) is 1. The van der Waals surface area contributed by atoms with Gasteiger partial charge in [0, 0.05) is 17.5 Å². The Morgan fingerprint density at radius 1 is 0.906 bits per heavy atom. The highest BCUT2D eigenvalue weighted by Crippen LogP contribution is 2.28. The molecule has 0 aliphatic carbocycles. The van der Waals surface area contributed by atoms with Crippen molar-refractivity contribution in [1.82, 2.24) is 15.0 Å². The molecule has 3 aromatic carbocycles. The summed E-state index contributed by atoms with van der Waals surface area (Å²) in [7, 11) is 3.24. The van der Waals surface area contributed by atoms with Crippen LogP contribution in [0.25, 0.3) is 11.3 Å². The molecule has 162 valence electrons. The maximum atomic E-state index is 13.1. The molecule has 0 N–H and O–H groups in total. The van der Waals surface area contributed by atoms with E-state index >= 15 is 0 Å². The molecule has 0 fully saturated rings. The van der Waals surface area contributed by atoms with Crippen LogP contribution in [0.4, 0.5) is 0 Å². The van der Waals surface area contributed by atoms with E-state index < -0.39 is 0 Å². The number of rotatable bonds is 8. The molecule has 0 spiro atoms. The first-order valence-corrected chi connectivity index (χ1v) is 10.4. The lowest BCUT2D eigenvalue weighted by molar-refractivity contribution is 0.0964. The molecule has 0 saturated heterocycles. The van der Waals surface area contributed by atoms with Crippen molar-refractivity contribution in [1.29, 1.82) is 0 Å². The van der Waals surface area contributed by atoms with Crippen LogP contribution in [-0.2, 0) is 0 Å². The second kappa shape index (κ2) is 9.47. The largest absolute Gasteiger partial charge is 0.497 e. The Morgan fingerprint density at radius 2 is 1.53 bits per heavy atom. The van der Waals surface area contributed by atoms with E-state index in [4.69, 9.17) is 14.6 Å². The Morgan fingerprint density at radius 3 is 2.16 bits per heavy atom. The van der Waals surface area contributed by atoms with Crippen LogP contribution in [0.15, 0.2) is 79.0 Å². The monoisotopic (exact) mass is 427 g/mol. The molecular formula is C26H25N3O3. The number of aryl methyl sites for hydroxylation is 1. The van der Waals surface area contributed by atoms with Crippen LogP contribution >= 0.6 is 0 Å². The lowest BCUT2D eigenvalue weighted by atomic mass is 9.95. The van der Waals surface area contributed by atoms with Crippen molar-refractivity contribution < 1.29 is 14.3 Å². The second-order valence-corrected chi connectivity index (χ2v) is 7.51. The lowest BCUT2D eigenvalue weighted by Gasteiger charge is -2.18. The van der Waals surface area contributed by atoms with Gasteiger partial charge in [0.05, 0.1) is 20.4 Å². The molecule has 0 aliphatic rings. The molecule has 0 amide bonds. The highest BCUT2D eigenvalue weighted by molar-refractivity contribution is 5.96. The molecule has 4 rings (SSSR count). The fourth-order valence-electron chi connectivity index (χ4n) is 3.67. The van der Waals surface area contributed by atoms with E-state index in [9.17, 15) is 4.79 Å². The van der Waals surface area contributed by atoms with Gasteiger partial charge in [0.2, 0.25) is 0 Å². The van der Waals surface area contributed by atoms with E-state index in [1.54, 1.807) is 49.5 Å². The number of carbonyl (C=O) groups is 1. The molecule has 0 bridgehead atoms. The smallest absolute Gasteiger partial charge is 0.165 e. The summed E-state index contributed by atoms with van der Waals surface area (Å²) in [6.45, 7) is 2.04. The summed E-state index contributed by atoms with van der Waals surface area (Å²) in [4.78, 5) is 14.8. The number of nitrogens with zero attached hydrogens (tertiary/aromatic N) is 3. The Labute approximate surface area is 187 Å². The number of aromatic nitrogens is 3. The minimum Gasteiger partial charge on any atom is -0.497 e. The van der Waals surface area contributed by atoms with E-state index in [2.05, 4.69) is 5.10 Å². The number of benzene rings is 3. The number of hydrogen-bond acceptors (Lipinski definition) is 5. The number of ether oxygens (including phenoxy) is 2. The molecule has 1 heterocycles. The third-order valence-electron chi connectivity index (χ3n) is 5.51. The van der Waals surface area contributed by atoms with Gasteiger partial charge in [-0.3, -0.25) is 4.79 Å². The maximum absolute atomic E-state index is 13.1. The van der Waals surface area contributed by atoms with Crippen LogP contribution < -0.4 is 9.47 Å². The zero-order valence-electron chi connectivity index (χ0n) is 18.4. The van der Waals surface area contributed by atoms with Crippen LogP contribution in [-0.4, -0.2) is 35.0 Å². The van der Waals surface area contributed by atoms with E-state index in [0.717, 1.165) is 33.9 Å². The average Bonchev–Trinajstić information content (AvgIpc) is 3.33. The fraction of sp³-hybridized carbons (Fsp3) is 0.192. The third-order valence-corrected chi connectivity index (χ3v) is 5.51. The van der Waals surface area contributed by atoms with Gasteiger partial charge in [-0.1, -0.05) is 24.3 Å².